The molecule has 0 radical (unpaired) electrons. The van der Waals surface area contributed by atoms with Gasteiger partial charge in [0.2, 0.25) is 0 Å². The molecule has 0 bridgehead atoms. The summed E-state index contributed by atoms with van der Waals surface area (Å²) in [6.45, 7) is 2.53. The number of carbonyl (C=O) groups is 1. The van der Waals surface area contributed by atoms with Crippen LogP contribution in [0.25, 0.3) is 0 Å². The van der Waals surface area contributed by atoms with Gasteiger partial charge in [-0.05, 0) is 21.0 Å². The maximum absolute atomic E-state index is 12.2. The highest BCUT2D eigenvalue weighted by atomic mass is 16.6. The van der Waals surface area contributed by atoms with Crippen molar-refractivity contribution in [3.8, 4) is 0 Å². The molecule has 0 aromatic carbocycles. The average molecular weight is 281 g/mol. The fraction of sp³-hybridized carbons (Fsp3) is 0.500. The van der Waals surface area contributed by atoms with Crippen LogP contribution in [0, 0.1) is 10.1 Å². The molecule has 8 nitrogen and oxygen atoms in total. The first-order valence-corrected chi connectivity index (χ1v) is 6.13. The zero-order valence-corrected chi connectivity index (χ0v) is 12.0. The zero-order chi connectivity index (χ0) is 15.3. The summed E-state index contributed by atoms with van der Waals surface area (Å²) in [5, 5.41) is 16.3. The maximum atomic E-state index is 12.2. The van der Waals surface area contributed by atoms with Gasteiger partial charge in [-0.15, -0.1) is 0 Å². The first kappa shape index (κ1) is 15.8. The summed E-state index contributed by atoms with van der Waals surface area (Å²) in [7, 11) is 5.40. The third-order valence-corrected chi connectivity index (χ3v) is 2.58. The smallest absolute Gasteiger partial charge is 0.288 e. The first-order chi connectivity index (χ1) is 9.35. The summed E-state index contributed by atoms with van der Waals surface area (Å²) in [5.41, 5.74) is -0.0540. The van der Waals surface area contributed by atoms with E-state index in [1.54, 1.807) is 7.05 Å². The highest BCUT2D eigenvalue weighted by Crippen LogP contribution is 2.18. The Kier molecular flexibility index (Phi) is 5.39. The Morgan fingerprint density at radius 1 is 1.55 bits per heavy atom. The molecule has 1 heterocycles. The second kappa shape index (κ2) is 6.80. The third-order valence-electron chi connectivity index (χ3n) is 2.58. The summed E-state index contributed by atoms with van der Waals surface area (Å²) >= 11 is 0. The standard InChI is InChI=1S/C12H19N5O3/c1-8(7-16(3)4)15-12(18)10-5-9(17(19)20)6-14-11(10)13-2/h5-6,8H,7H2,1-4H3,(H,13,14)(H,15,18). The van der Waals surface area contributed by atoms with Crippen LogP contribution in [0.4, 0.5) is 11.5 Å². The molecule has 1 atom stereocenters. The summed E-state index contributed by atoms with van der Waals surface area (Å²) in [4.78, 5) is 28.2. The Morgan fingerprint density at radius 3 is 2.70 bits per heavy atom. The van der Waals surface area contributed by atoms with E-state index < -0.39 is 4.92 Å². The molecular weight excluding hydrogens is 262 g/mol. The Bertz CT molecular complexity index is 504. The van der Waals surface area contributed by atoms with Crippen molar-refractivity contribution in [1.29, 1.82) is 0 Å². The molecule has 0 saturated carbocycles. The normalized spacial score (nSPS) is 12.1. The molecule has 0 fully saturated rings. The molecule has 20 heavy (non-hydrogen) atoms. The molecule has 0 spiro atoms. The lowest BCUT2D eigenvalue weighted by atomic mass is 10.2. The van der Waals surface area contributed by atoms with Gasteiger partial charge in [0, 0.05) is 25.7 Å². The lowest BCUT2D eigenvalue weighted by molar-refractivity contribution is -0.385. The molecule has 1 aromatic rings. The Labute approximate surface area is 117 Å². The fourth-order valence-electron chi connectivity index (χ4n) is 1.82. The first-order valence-electron chi connectivity index (χ1n) is 6.13. The lowest BCUT2D eigenvalue weighted by Crippen LogP contribution is -2.39. The van der Waals surface area contributed by atoms with Gasteiger partial charge in [0.25, 0.3) is 11.6 Å². The van der Waals surface area contributed by atoms with Crippen molar-refractivity contribution in [2.24, 2.45) is 0 Å². The summed E-state index contributed by atoms with van der Waals surface area (Å²) in [5.74, 6) is -0.0787. The Morgan fingerprint density at radius 2 is 2.20 bits per heavy atom. The number of hydrogen-bond acceptors (Lipinski definition) is 6. The molecule has 1 aromatic heterocycles. The number of aromatic nitrogens is 1. The quantitative estimate of drug-likeness (QED) is 0.588. The van der Waals surface area contributed by atoms with E-state index in [1.807, 2.05) is 25.9 Å². The van der Waals surface area contributed by atoms with Gasteiger partial charge in [-0.2, -0.15) is 0 Å². The number of hydrogen-bond donors (Lipinski definition) is 2. The van der Waals surface area contributed by atoms with Crippen LogP contribution in [0.3, 0.4) is 0 Å². The number of rotatable bonds is 6. The van der Waals surface area contributed by atoms with Crippen LogP contribution >= 0.6 is 0 Å². The van der Waals surface area contributed by atoms with Crippen molar-refractivity contribution in [3.05, 3.63) is 27.9 Å². The molecule has 0 aliphatic carbocycles. The van der Waals surface area contributed by atoms with Gasteiger partial charge in [-0.25, -0.2) is 4.98 Å². The van der Waals surface area contributed by atoms with Gasteiger partial charge in [-0.1, -0.05) is 0 Å². The molecule has 0 aliphatic heterocycles. The van der Waals surface area contributed by atoms with Crippen LogP contribution in [-0.2, 0) is 0 Å². The van der Waals surface area contributed by atoms with E-state index >= 15 is 0 Å². The van der Waals surface area contributed by atoms with Crippen molar-refractivity contribution in [2.45, 2.75) is 13.0 Å². The lowest BCUT2D eigenvalue weighted by Gasteiger charge is -2.18. The van der Waals surface area contributed by atoms with Crippen molar-refractivity contribution in [2.75, 3.05) is 33.0 Å². The van der Waals surface area contributed by atoms with E-state index in [-0.39, 0.29) is 23.2 Å². The highest BCUT2D eigenvalue weighted by Gasteiger charge is 2.19. The second-order valence-corrected chi connectivity index (χ2v) is 4.73. The minimum atomic E-state index is -0.577. The molecule has 1 amide bonds. The highest BCUT2D eigenvalue weighted by molar-refractivity contribution is 5.99. The van der Waals surface area contributed by atoms with Gasteiger partial charge in [0.1, 0.15) is 12.0 Å². The zero-order valence-electron chi connectivity index (χ0n) is 12.0. The molecule has 110 valence electrons. The number of nitro groups is 1. The molecule has 0 aliphatic rings. The van der Waals surface area contributed by atoms with E-state index in [1.165, 1.54) is 6.07 Å². The predicted molar refractivity (Wildman–Crippen MR) is 75.9 cm³/mol. The van der Waals surface area contributed by atoms with Crippen molar-refractivity contribution < 1.29 is 9.72 Å². The summed E-state index contributed by atoms with van der Waals surface area (Å²) in [6.07, 6.45) is 1.12. The minimum Gasteiger partial charge on any atom is -0.372 e. The van der Waals surface area contributed by atoms with Crippen LogP contribution in [0.5, 0.6) is 0 Å². The molecular formula is C12H19N5O3. The monoisotopic (exact) mass is 281 g/mol. The van der Waals surface area contributed by atoms with Gasteiger partial charge in [-0.3, -0.25) is 14.9 Å². The number of amides is 1. The number of anilines is 1. The van der Waals surface area contributed by atoms with Crippen LogP contribution in [0.1, 0.15) is 17.3 Å². The maximum Gasteiger partial charge on any atom is 0.288 e. The van der Waals surface area contributed by atoms with Crippen LogP contribution < -0.4 is 10.6 Å². The largest absolute Gasteiger partial charge is 0.372 e. The van der Waals surface area contributed by atoms with Crippen LogP contribution in [0.2, 0.25) is 0 Å². The molecule has 0 saturated heterocycles. The van der Waals surface area contributed by atoms with Crippen LogP contribution in [-0.4, -0.2) is 54.4 Å². The van der Waals surface area contributed by atoms with Gasteiger partial charge in [0.05, 0.1) is 10.5 Å². The molecule has 1 unspecified atom stereocenters. The van der Waals surface area contributed by atoms with Gasteiger partial charge in [0.15, 0.2) is 0 Å². The summed E-state index contributed by atoms with van der Waals surface area (Å²) in [6, 6.07) is 1.14. The minimum absolute atomic E-state index is 0.0820. The molecule has 2 N–H and O–H groups in total. The van der Waals surface area contributed by atoms with Crippen LogP contribution in [0.15, 0.2) is 12.3 Å². The van der Waals surface area contributed by atoms with E-state index in [0.29, 0.717) is 12.4 Å². The van der Waals surface area contributed by atoms with E-state index in [0.717, 1.165) is 6.20 Å². The van der Waals surface area contributed by atoms with Crippen molar-refractivity contribution >= 4 is 17.4 Å². The Balaban J connectivity index is 2.95. The van der Waals surface area contributed by atoms with E-state index in [9.17, 15) is 14.9 Å². The van der Waals surface area contributed by atoms with Crippen molar-refractivity contribution in [3.63, 3.8) is 0 Å². The predicted octanol–water partition coefficient (Wildman–Crippen LogP) is 0.711. The van der Waals surface area contributed by atoms with E-state index in [4.69, 9.17) is 0 Å². The van der Waals surface area contributed by atoms with Gasteiger partial charge >= 0.3 is 0 Å². The summed E-state index contributed by atoms with van der Waals surface area (Å²) < 4.78 is 0. The third kappa shape index (κ3) is 4.16. The van der Waals surface area contributed by atoms with Crippen molar-refractivity contribution in [1.82, 2.24) is 15.2 Å². The number of nitrogens with zero attached hydrogens (tertiary/aromatic N) is 3. The fourth-order valence-corrected chi connectivity index (χ4v) is 1.82. The van der Waals surface area contributed by atoms with E-state index in [2.05, 4.69) is 15.6 Å². The Hall–Kier alpha value is -2.22. The molecule has 8 heteroatoms. The average Bonchev–Trinajstić information content (AvgIpc) is 2.36. The number of carbonyl (C=O) groups excluding carboxylic acids is 1. The number of likely N-dealkylation sites (N-methyl/N-ethyl adjacent to an activating group) is 1. The molecule has 1 rings (SSSR count). The number of pyridine rings is 1. The SMILES string of the molecule is CNc1ncc([N+](=O)[O-])cc1C(=O)NC(C)CN(C)C. The second-order valence-electron chi connectivity index (χ2n) is 4.73. The van der Waals surface area contributed by atoms with Gasteiger partial charge < -0.3 is 15.5 Å². The topological polar surface area (TPSA) is 100 Å². The number of nitrogens with one attached hydrogen (secondary N) is 2.